The number of rotatable bonds is 3. The number of nitrogens with two attached hydrogens (primary N) is 1. The monoisotopic (exact) mass is 224 g/mol. The standard InChI is InChI=1S/C10H16N4O2/c1-13-4-7(9(12-13)10(15)16)5-14-3-2-8(11)6-14/h4,8H,2-3,5-6,11H2,1H3,(H,15,16). The molecule has 16 heavy (non-hydrogen) atoms. The molecule has 1 aliphatic rings. The van der Waals surface area contributed by atoms with Gasteiger partial charge in [0.05, 0.1) is 0 Å². The Morgan fingerprint density at radius 3 is 3.06 bits per heavy atom. The van der Waals surface area contributed by atoms with Gasteiger partial charge in [0.25, 0.3) is 0 Å². The molecular weight excluding hydrogens is 208 g/mol. The predicted octanol–water partition coefficient (Wildman–Crippen LogP) is -0.349. The number of aromatic nitrogens is 2. The number of likely N-dealkylation sites (tertiary alicyclic amines) is 1. The van der Waals surface area contributed by atoms with Crippen molar-refractivity contribution in [1.29, 1.82) is 0 Å². The molecule has 1 aromatic heterocycles. The first-order valence-corrected chi connectivity index (χ1v) is 5.30. The van der Waals surface area contributed by atoms with Crippen molar-refractivity contribution in [3.63, 3.8) is 0 Å². The summed E-state index contributed by atoms with van der Waals surface area (Å²) in [5, 5.41) is 12.9. The van der Waals surface area contributed by atoms with Crippen LogP contribution >= 0.6 is 0 Å². The van der Waals surface area contributed by atoms with Crippen LogP contribution in [0.2, 0.25) is 0 Å². The molecule has 1 atom stereocenters. The van der Waals surface area contributed by atoms with Gasteiger partial charge in [-0.1, -0.05) is 0 Å². The second-order valence-corrected chi connectivity index (χ2v) is 4.27. The lowest BCUT2D eigenvalue weighted by atomic mass is 10.2. The van der Waals surface area contributed by atoms with Gasteiger partial charge in [-0.3, -0.25) is 9.58 Å². The number of nitrogens with zero attached hydrogens (tertiary/aromatic N) is 3. The maximum Gasteiger partial charge on any atom is 0.356 e. The van der Waals surface area contributed by atoms with Gasteiger partial charge in [0.2, 0.25) is 0 Å². The Balaban J connectivity index is 2.11. The molecule has 3 N–H and O–H groups in total. The third kappa shape index (κ3) is 2.23. The van der Waals surface area contributed by atoms with Gasteiger partial charge in [-0.2, -0.15) is 5.10 Å². The third-order valence-electron chi connectivity index (χ3n) is 2.81. The second-order valence-electron chi connectivity index (χ2n) is 4.27. The van der Waals surface area contributed by atoms with Crippen molar-refractivity contribution in [2.45, 2.75) is 19.0 Å². The average Bonchev–Trinajstić information content (AvgIpc) is 2.74. The summed E-state index contributed by atoms with van der Waals surface area (Å²) in [5.74, 6) is -0.973. The molecule has 1 aromatic rings. The largest absolute Gasteiger partial charge is 0.476 e. The van der Waals surface area contributed by atoms with E-state index in [4.69, 9.17) is 10.8 Å². The van der Waals surface area contributed by atoms with Gasteiger partial charge >= 0.3 is 5.97 Å². The number of carbonyl (C=O) groups is 1. The van der Waals surface area contributed by atoms with Crippen LogP contribution in [0.4, 0.5) is 0 Å². The van der Waals surface area contributed by atoms with Crippen molar-refractivity contribution >= 4 is 5.97 Å². The fourth-order valence-electron chi connectivity index (χ4n) is 2.08. The molecule has 1 saturated heterocycles. The van der Waals surface area contributed by atoms with E-state index in [0.29, 0.717) is 6.54 Å². The molecule has 1 fully saturated rings. The molecule has 88 valence electrons. The number of hydrogen-bond acceptors (Lipinski definition) is 4. The highest BCUT2D eigenvalue weighted by Gasteiger charge is 2.22. The zero-order valence-electron chi connectivity index (χ0n) is 9.26. The van der Waals surface area contributed by atoms with Crippen molar-refractivity contribution in [1.82, 2.24) is 14.7 Å². The van der Waals surface area contributed by atoms with Crippen LogP contribution in [0.15, 0.2) is 6.20 Å². The summed E-state index contributed by atoms with van der Waals surface area (Å²) in [7, 11) is 1.73. The fourth-order valence-corrected chi connectivity index (χ4v) is 2.08. The van der Waals surface area contributed by atoms with Crippen molar-refractivity contribution in [2.24, 2.45) is 12.8 Å². The molecule has 0 bridgehead atoms. The van der Waals surface area contributed by atoms with Gasteiger partial charge in [0.15, 0.2) is 5.69 Å². The molecule has 0 aromatic carbocycles. The number of aryl methyl sites for hydroxylation is 1. The van der Waals surface area contributed by atoms with Crippen molar-refractivity contribution in [3.8, 4) is 0 Å². The van der Waals surface area contributed by atoms with Crippen LogP contribution < -0.4 is 5.73 Å². The minimum atomic E-state index is -0.973. The van der Waals surface area contributed by atoms with Crippen LogP contribution in [-0.4, -0.2) is 44.9 Å². The number of carboxylic acid groups (broad SMARTS) is 1. The van der Waals surface area contributed by atoms with E-state index in [2.05, 4.69) is 10.00 Å². The molecule has 6 heteroatoms. The summed E-state index contributed by atoms with van der Waals surface area (Å²) in [6.45, 7) is 2.37. The number of hydrogen-bond donors (Lipinski definition) is 2. The van der Waals surface area contributed by atoms with Crippen molar-refractivity contribution in [2.75, 3.05) is 13.1 Å². The summed E-state index contributed by atoms with van der Waals surface area (Å²) in [5.41, 5.74) is 6.70. The van der Waals surface area contributed by atoms with Gasteiger partial charge in [0, 0.05) is 44.5 Å². The summed E-state index contributed by atoms with van der Waals surface area (Å²) in [6.07, 6.45) is 2.73. The van der Waals surface area contributed by atoms with Crippen molar-refractivity contribution in [3.05, 3.63) is 17.5 Å². The number of aromatic carboxylic acids is 1. The van der Waals surface area contributed by atoms with Gasteiger partial charge in [-0.15, -0.1) is 0 Å². The van der Waals surface area contributed by atoms with Gasteiger partial charge in [-0.25, -0.2) is 4.79 Å². The lowest BCUT2D eigenvalue weighted by Gasteiger charge is -2.13. The topological polar surface area (TPSA) is 84.4 Å². The Bertz CT molecular complexity index is 402. The molecule has 0 saturated carbocycles. The van der Waals surface area contributed by atoms with E-state index < -0.39 is 5.97 Å². The van der Waals surface area contributed by atoms with Crippen LogP contribution in [0.3, 0.4) is 0 Å². The van der Waals surface area contributed by atoms with Gasteiger partial charge < -0.3 is 10.8 Å². The van der Waals surface area contributed by atoms with Gasteiger partial charge in [0.1, 0.15) is 0 Å². The maximum absolute atomic E-state index is 11.0. The van der Waals surface area contributed by atoms with E-state index in [1.165, 1.54) is 4.68 Å². The molecule has 1 unspecified atom stereocenters. The Morgan fingerprint density at radius 2 is 2.50 bits per heavy atom. The van der Waals surface area contributed by atoms with E-state index in [0.717, 1.165) is 25.1 Å². The van der Waals surface area contributed by atoms with Crippen molar-refractivity contribution < 1.29 is 9.90 Å². The molecule has 2 heterocycles. The van der Waals surface area contributed by atoms with Gasteiger partial charge in [-0.05, 0) is 6.42 Å². The summed E-state index contributed by atoms with van der Waals surface area (Å²) in [6, 6.07) is 0.213. The molecule has 6 nitrogen and oxygen atoms in total. The van der Waals surface area contributed by atoms with Crippen LogP contribution in [0.5, 0.6) is 0 Å². The third-order valence-corrected chi connectivity index (χ3v) is 2.81. The Hall–Kier alpha value is -1.40. The highest BCUT2D eigenvalue weighted by molar-refractivity contribution is 5.86. The van der Waals surface area contributed by atoms with E-state index in [1.54, 1.807) is 13.2 Å². The van der Waals surface area contributed by atoms with E-state index >= 15 is 0 Å². The van der Waals surface area contributed by atoms with Crippen LogP contribution in [0.1, 0.15) is 22.5 Å². The zero-order chi connectivity index (χ0) is 11.7. The zero-order valence-corrected chi connectivity index (χ0v) is 9.26. The minimum absolute atomic E-state index is 0.142. The van der Waals surface area contributed by atoms with Crippen LogP contribution in [0.25, 0.3) is 0 Å². The molecule has 0 spiro atoms. The molecular formula is C10H16N4O2. The van der Waals surface area contributed by atoms with Crippen LogP contribution in [0, 0.1) is 0 Å². The quantitative estimate of drug-likeness (QED) is 0.733. The Morgan fingerprint density at radius 1 is 1.75 bits per heavy atom. The highest BCUT2D eigenvalue weighted by Crippen LogP contribution is 2.14. The Labute approximate surface area is 93.6 Å². The lowest BCUT2D eigenvalue weighted by molar-refractivity contribution is 0.0687. The molecule has 0 amide bonds. The second kappa shape index (κ2) is 4.23. The highest BCUT2D eigenvalue weighted by atomic mass is 16.4. The van der Waals surface area contributed by atoms with E-state index in [-0.39, 0.29) is 11.7 Å². The Kier molecular flexibility index (Phi) is 2.93. The first-order chi connectivity index (χ1) is 7.56. The fraction of sp³-hybridized carbons (Fsp3) is 0.600. The predicted molar refractivity (Wildman–Crippen MR) is 58.0 cm³/mol. The lowest BCUT2D eigenvalue weighted by Crippen LogP contribution is -2.26. The summed E-state index contributed by atoms with van der Waals surface area (Å²) < 4.78 is 1.54. The first kappa shape index (κ1) is 11.1. The number of carboxylic acids is 1. The van der Waals surface area contributed by atoms with E-state index in [1.807, 2.05) is 0 Å². The SMILES string of the molecule is Cn1cc(CN2CCC(N)C2)c(C(=O)O)n1. The summed E-state index contributed by atoms with van der Waals surface area (Å²) >= 11 is 0. The minimum Gasteiger partial charge on any atom is -0.476 e. The molecule has 2 rings (SSSR count). The maximum atomic E-state index is 11.0. The smallest absolute Gasteiger partial charge is 0.356 e. The average molecular weight is 224 g/mol. The molecule has 0 aliphatic carbocycles. The van der Waals surface area contributed by atoms with E-state index in [9.17, 15) is 4.79 Å². The first-order valence-electron chi connectivity index (χ1n) is 5.30. The normalized spacial score (nSPS) is 21.5. The van der Waals surface area contributed by atoms with Crippen LogP contribution in [-0.2, 0) is 13.6 Å². The molecule has 0 radical (unpaired) electrons. The summed E-state index contributed by atoms with van der Waals surface area (Å²) in [4.78, 5) is 13.1. The molecule has 1 aliphatic heterocycles.